The van der Waals surface area contributed by atoms with Crippen LogP contribution >= 0.6 is 0 Å². The van der Waals surface area contributed by atoms with Crippen LogP contribution in [0.15, 0.2) is 42.0 Å². The third-order valence-electron chi connectivity index (χ3n) is 1.97. The number of nitriles is 2. The van der Waals surface area contributed by atoms with Crippen molar-refractivity contribution < 1.29 is 0 Å². The molecule has 0 amide bonds. The second-order valence-corrected chi connectivity index (χ2v) is 3.17. The maximum atomic E-state index is 8.81. The lowest BCUT2D eigenvalue weighted by molar-refractivity contribution is 1.44. The van der Waals surface area contributed by atoms with Crippen LogP contribution < -0.4 is 0 Å². The van der Waals surface area contributed by atoms with Gasteiger partial charge in [0.15, 0.2) is 0 Å². The van der Waals surface area contributed by atoms with Crippen molar-refractivity contribution in [3.63, 3.8) is 0 Å². The van der Waals surface area contributed by atoms with Crippen LogP contribution in [-0.4, -0.2) is 0 Å². The summed E-state index contributed by atoms with van der Waals surface area (Å²) in [5.41, 5.74) is 2.55. The molecular formula is C13H10N2. The van der Waals surface area contributed by atoms with E-state index >= 15 is 0 Å². The summed E-state index contributed by atoms with van der Waals surface area (Å²) < 4.78 is 0. The lowest BCUT2D eigenvalue weighted by Crippen LogP contribution is -1.82. The summed E-state index contributed by atoms with van der Waals surface area (Å²) in [6, 6.07) is 11.5. The van der Waals surface area contributed by atoms with Gasteiger partial charge in [0, 0.05) is 0 Å². The first-order chi connectivity index (χ1) is 7.17. The van der Waals surface area contributed by atoms with Crippen LogP contribution in [0.25, 0.3) is 6.08 Å². The zero-order chi connectivity index (χ0) is 11.3. The molecule has 1 aromatic rings. The smallest absolute Gasteiger partial charge is 0.101 e. The van der Waals surface area contributed by atoms with E-state index in [2.05, 4.69) is 6.58 Å². The predicted molar refractivity (Wildman–Crippen MR) is 59.5 cm³/mol. The van der Waals surface area contributed by atoms with Crippen LogP contribution in [0.5, 0.6) is 0 Å². The molecule has 2 heteroatoms. The van der Waals surface area contributed by atoms with Crippen molar-refractivity contribution in [2.75, 3.05) is 0 Å². The fourth-order valence-corrected chi connectivity index (χ4v) is 1.08. The monoisotopic (exact) mass is 194 g/mol. The normalized spacial score (nSPS) is 10.2. The summed E-state index contributed by atoms with van der Waals surface area (Å²) in [5, 5.41) is 17.4. The Balaban J connectivity index is 3.06. The third-order valence-corrected chi connectivity index (χ3v) is 1.97. The Kier molecular flexibility index (Phi) is 3.43. The van der Waals surface area contributed by atoms with Gasteiger partial charge in [-0.1, -0.05) is 36.4 Å². The third kappa shape index (κ3) is 2.83. The Hall–Kier alpha value is -2.32. The highest BCUT2D eigenvalue weighted by molar-refractivity contribution is 5.66. The Labute approximate surface area is 89.4 Å². The lowest BCUT2D eigenvalue weighted by atomic mass is 10.1. The Morgan fingerprint density at radius 3 is 2.27 bits per heavy atom. The summed E-state index contributed by atoms with van der Waals surface area (Å²) in [5.74, 6) is 0. The van der Waals surface area contributed by atoms with Crippen molar-refractivity contribution in [2.45, 2.75) is 6.92 Å². The highest BCUT2D eigenvalue weighted by Crippen LogP contribution is 2.12. The van der Waals surface area contributed by atoms with Gasteiger partial charge in [-0.2, -0.15) is 10.5 Å². The van der Waals surface area contributed by atoms with Gasteiger partial charge in [-0.3, -0.25) is 0 Å². The van der Waals surface area contributed by atoms with E-state index in [1.165, 1.54) is 0 Å². The Morgan fingerprint density at radius 1 is 1.20 bits per heavy atom. The molecule has 72 valence electrons. The van der Waals surface area contributed by atoms with Crippen molar-refractivity contribution in [3.05, 3.63) is 53.1 Å². The Bertz CT molecular complexity index is 479. The predicted octanol–water partition coefficient (Wildman–Crippen LogP) is 2.98. The van der Waals surface area contributed by atoms with Crippen LogP contribution in [0.4, 0.5) is 0 Å². The number of allylic oxidation sites excluding steroid dienone is 2. The van der Waals surface area contributed by atoms with Gasteiger partial charge in [0.25, 0.3) is 0 Å². The number of aryl methyl sites for hydroxylation is 1. The van der Waals surface area contributed by atoms with E-state index < -0.39 is 0 Å². The molecule has 0 aliphatic heterocycles. The van der Waals surface area contributed by atoms with Gasteiger partial charge in [-0.05, 0) is 18.6 Å². The van der Waals surface area contributed by atoms with Gasteiger partial charge >= 0.3 is 0 Å². The average molecular weight is 194 g/mol. The molecule has 0 N–H and O–H groups in total. The van der Waals surface area contributed by atoms with E-state index in [-0.39, 0.29) is 5.57 Å². The first-order valence-electron chi connectivity index (χ1n) is 4.45. The van der Waals surface area contributed by atoms with Gasteiger partial charge in [0.1, 0.15) is 6.07 Å². The van der Waals surface area contributed by atoms with Crippen LogP contribution in [0.1, 0.15) is 11.1 Å². The fourth-order valence-electron chi connectivity index (χ4n) is 1.08. The summed E-state index contributed by atoms with van der Waals surface area (Å²) in [6.07, 6.45) is 1.66. The molecule has 0 aromatic heterocycles. The molecule has 0 radical (unpaired) electrons. The minimum absolute atomic E-state index is 0.193. The molecule has 0 fully saturated rings. The molecule has 0 aliphatic rings. The molecule has 0 spiro atoms. The molecule has 15 heavy (non-hydrogen) atoms. The molecule has 1 aromatic carbocycles. The number of hydrogen-bond donors (Lipinski definition) is 0. The van der Waals surface area contributed by atoms with E-state index in [9.17, 15) is 0 Å². The van der Waals surface area contributed by atoms with E-state index in [1.54, 1.807) is 6.08 Å². The van der Waals surface area contributed by atoms with E-state index in [1.807, 2.05) is 43.3 Å². The zero-order valence-electron chi connectivity index (χ0n) is 8.49. The lowest BCUT2D eigenvalue weighted by Gasteiger charge is -1.96. The molecule has 0 heterocycles. The highest BCUT2D eigenvalue weighted by atomic mass is 14.3. The molecular weight excluding hydrogens is 184 g/mol. The quantitative estimate of drug-likeness (QED) is 0.536. The van der Waals surface area contributed by atoms with Crippen molar-refractivity contribution in [3.8, 4) is 12.1 Å². The summed E-state index contributed by atoms with van der Waals surface area (Å²) in [4.78, 5) is 0. The number of nitrogens with zero attached hydrogens (tertiary/aromatic N) is 2. The van der Waals surface area contributed by atoms with Gasteiger partial charge in [0.05, 0.1) is 17.2 Å². The van der Waals surface area contributed by atoms with Crippen LogP contribution in [-0.2, 0) is 0 Å². The highest BCUT2D eigenvalue weighted by Gasteiger charge is 2.00. The van der Waals surface area contributed by atoms with Gasteiger partial charge in [0.2, 0.25) is 0 Å². The molecule has 1 rings (SSSR count). The number of hydrogen-bond acceptors (Lipinski definition) is 2. The van der Waals surface area contributed by atoms with Gasteiger partial charge in [-0.15, -0.1) is 0 Å². The van der Waals surface area contributed by atoms with Gasteiger partial charge < -0.3 is 0 Å². The minimum atomic E-state index is 0.193. The molecule has 0 bridgehead atoms. The van der Waals surface area contributed by atoms with Crippen molar-refractivity contribution in [1.29, 1.82) is 10.5 Å². The molecule has 0 atom stereocenters. The first kappa shape index (κ1) is 10.8. The number of benzene rings is 1. The van der Waals surface area contributed by atoms with E-state index in [4.69, 9.17) is 10.5 Å². The van der Waals surface area contributed by atoms with Gasteiger partial charge in [-0.25, -0.2) is 0 Å². The molecule has 0 saturated carbocycles. The second-order valence-electron chi connectivity index (χ2n) is 3.17. The molecule has 0 unspecified atom stereocenters. The fraction of sp³-hybridized carbons (Fsp3) is 0.0769. The van der Waals surface area contributed by atoms with Crippen LogP contribution in [0.3, 0.4) is 0 Å². The van der Waals surface area contributed by atoms with E-state index in [0.717, 1.165) is 11.1 Å². The van der Waals surface area contributed by atoms with E-state index in [0.29, 0.717) is 5.57 Å². The average Bonchev–Trinajstić information content (AvgIpc) is 2.27. The SMILES string of the molecule is C=C(C#N)C(C#N)=Cc1ccc(C)cc1. The zero-order valence-corrected chi connectivity index (χ0v) is 8.49. The Morgan fingerprint density at radius 2 is 1.80 bits per heavy atom. The maximum absolute atomic E-state index is 8.81. The standard InChI is InChI=1S/C13H10N2/c1-10-3-5-12(6-4-10)7-13(9-15)11(2)8-14/h3-7H,2H2,1H3. The largest absolute Gasteiger partial charge is 0.192 e. The summed E-state index contributed by atoms with van der Waals surface area (Å²) >= 11 is 0. The van der Waals surface area contributed by atoms with Crippen LogP contribution in [0, 0.1) is 29.6 Å². The number of rotatable bonds is 2. The maximum Gasteiger partial charge on any atom is 0.101 e. The molecule has 0 saturated heterocycles. The molecule has 2 nitrogen and oxygen atoms in total. The second kappa shape index (κ2) is 4.79. The topological polar surface area (TPSA) is 47.6 Å². The minimum Gasteiger partial charge on any atom is -0.192 e. The van der Waals surface area contributed by atoms with Crippen LogP contribution in [0.2, 0.25) is 0 Å². The van der Waals surface area contributed by atoms with Crippen molar-refractivity contribution in [2.24, 2.45) is 0 Å². The summed E-state index contributed by atoms with van der Waals surface area (Å²) in [7, 11) is 0. The van der Waals surface area contributed by atoms with Crippen molar-refractivity contribution >= 4 is 6.08 Å². The first-order valence-corrected chi connectivity index (χ1v) is 4.45. The summed E-state index contributed by atoms with van der Waals surface area (Å²) in [6.45, 7) is 5.50. The van der Waals surface area contributed by atoms with Crippen molar-refractivity contribution in [1.82, 2.24) is 0 Å². The molecule has 0 aliphatic carbocycles.